The van der Waals surface area contributed by atoms with Gasteiger partial charge < -0.3 is 0 Å². The quantitative estimate of drug-likeness (QED) is 0.550. The first-order valence-corrected chi connectivity index (χ1v) is 8.14. The van der Waals surface area contributed by atoms with E-state index in [-0.39, 0.29) is 11.7 Å². The van der Waals surface area contributed by atoms with E-state index in [1.807, 2.05) is 18.3 Å². The Hall–Kier alpha value is -3.49. The molecule has 4 aromatic heterocycles. The van der Waals surface area contributed by atoms with E-state index in [4.69, 9.17) is 0 Å². The minimum Gasteiger partial charge on any atom is -0.262 e. The van der Waals surface area contributed by atoms with Crippen molar-refractivity contribution in [2.45, 2.75) is 19.9 Å². The van der Waals surface area contributed by atoms with E-state index in [0.717, 1.165) is 11.1 Å². The molecule has 4 heterocycles. The molecule has 0 amide bonds. The standard InChI is InChI=1S/C17H17N7O2/c1-11(2)23-16(25)21(3)24(17(23)26)14-7-12-10-22(20-15(12)19-9-14)13-5-4-6-18-8-13/h4-11H,1-3H3. The smallest absolute Gasteiger partial charge is 0.262 e. The molecule has 0 radical (unpaired) electrons. The van der Waals surface area contributed by atoms with E-state index >= 15 is 0 Å². The molecule has 0 saturated carbocycles. The first kappa shape index (κ1) is 16.0. The Morgan fingerprint density at radius 2 is 1.88 bits per heavy atom. The van der Waals surface area contributed by atoms with Gasteiger partial charge in [0.2, 0.25) is 0 Å². The summed E-state index contributed by atoms with van der Waals surface area (Å²) in [6, 6.07) is 5.27. The van der Waals surface area contributed by atoms with Gasteiger partial charge in [0.05, 0.1) is 23.8 Å². The summed E-state index contributed by atoms with van der Waals surface area (Å²) in [4.78, 5) is 33.4. The molecule has 0 aliphatic rings. The molecule has 132 valence electrons. The SMILES string of the molecule is CC(C)n1c(=O)n(C)n(-c2cnc3nn(-c4cccnc4)cc3c2)c1=O. The number of nitrogens with zero attached hydrogens (tertiary/aromatic N) is 7. The van der Waals surface area contributed by atoms with Gasteiger partial charge in [-0.2, -0.15) is 4.68 Å². The van der Waals surface area contributed by atoms with Crippen molar-refractivity contribution in [2.75, 3.05) is 0 Å². The second kappa shape index (κ2) is 5.80. The maximum atomic E-state index is 12.7. The van der Waals surface area contributed by atoms with Gasteiger partial charge in [-0.15, -0.1) is 5.10 Å². The minimum atomic E-state index is -0.395. The third-order valence-electron chi connectivity index (χ3n) is 4.19. The van der Waals surface area contributed by atoms with Gasteiger partial charge in [-0.05, 0) is 32.0 Å². The van der Waals surface area contributed by atoms with E-state index < -0.39 is 5.69 Å². The highest BCUT2D eigenvalue weighted by Gasteiger charge is 2.17. The summed E-state index contributed by atoms with van der Waals surface area (Å²) in [6.45, 7) is 3.60. The van der Waals surface area contributed by atoms with E-state index in [1.165, 1.54) is 20.1 Å². The molecule has 0 unspecified atom stereocenters. The highest BCUT2D eigenvalue weighted by Crippen LogP contribution is 2.16. The molecule has 0 aromatic carbocycles. The fraction of sp³-hybridized carbons (Fsp3) is 0.235. The summed E-state index contributed by atoms with van der Waals surface area (Å²) >= 11 is 0. The first-order chi connectivity index (χ1) is 12.5. The summed E-state index contributed by atoms with van der Waals surface area (Å²) in [5.74, 6) is 0. The number of hydrogen-bond acceptors (Lipinski definition) is 5. The van der Waals surface area contributed by atoms with Crippen LogP contribution in [0.4, 0.5) is 0 Å². The van der Waals surface area contributed by atoms with Crippen molar-refractivity contribution in [3.8, 4) is 11.4 Å². The van der Waals surface area contributed by atoms with Gasteiger partial charge in [-0.25, -0.2) is 28.5 Å². The van der Waals surface area contributed by atoms with Crippen LogP contribution >= 0.6 is 0 Å². The molecule has 9 heteroatoms. The third-order valence-corrected chi connectivity index (χ3v) is 4.19. The molecule has 4 aromatic rings. The van der Waals surface area contributed by atoms with Crippen molar-refractivity contribution < 1.29 is 0 Å². The number of fused-ring (bicyclic) bond motifs is 1. The van der Waals surface area contributed by atoms with Gasteiger partial charge in [0.25, 0.3) is 0 Å². The van der Waals surface area contributed by atoms with Crippen molar-refractivity contribution in [3.05, 3.63) is 64.0 Å². The van der Waals surface area contributed by atoms with Gasteiger partial charge >= 0.3 is 11.4 Å². The van der Waals surface area contributed by atoms with Crippen LogP contribution in [0.5, 0.6) is 0 Å². The fourth-order valence-electron chi connectivity index (χ4n) is 2.92. The van der Waals surface area contributed by atoms with Crippen LogP contribution in [0.2, 0.25) is 0 Å². The largest absolute Gasteiger partial charge is 0.352 e. The molecule has 0 fully saturated rings. The molecule has 9 nitrogen and oxygen atoms in total. The van der Waals surface area contributed by atoms with Crippen LogP contribution in [-0.4, -0.2) is 33.7 Å². The Bertz CT molecular complexity index is 1210. The maximum Gasteiger partial charge on any atom is 0.352 e. The summed E-state index contributed by atoms with van der Waals surface area (Å²) < 4.78 is 5.49. The average molecular weight is 351 g/mol. The van der Waals surface area contributed by atoms with Crippen LogP contribution in [0.3, 0.4) is 0 Å². The van der Waals surface area contributed by atoms with Gasteiger partial charge in [0, 0.05) is 30.9 Å². The van der Waals surface area contributed by atoms with Gasteiger partial charge in [0.15, 0.2) is 5.65 Å². The Kier molecular flexibility index (Phi) is 3.57. The highest BCUT2D eigenvalue weighted by atomic mass is 16.2. The van der Waals surface area contributed by atoms with Crippen LogP contribution < -0.4 is 11.4 Å². The molecule has 0 aliphatic carbocycles. The predicted octanol–water partition coefficient (Wildman–Crippen LogP) is 1.05. The van der Waals surface area contributed by atoms with E-state index in [2.05, 4.69) is 15.1 Å². The summed E-state index contributed by atoms with van der Waals surface area (Å²) in [6.07, 6.45) is 6.74. The lowest BCUT2D eigenvalue weighted by Gasteiger charge is -2.04. The van der Waals surface area contributed by atoms with Crippen molar-refractivity contribution in [1.82, 2.24) is 33.7 Å². The Morgan fingerprint density at radius 1 is 1.08 bits per heavy atom. The second-order valence-corrected chi connectivity index (χ2v) is 6.26. The Labute approximate surface area is 147 Å². The zero-order valence-corrected chi connectivity index (χ0v) is 14.6. The zero-order valence-electron chi connectivity index (χ0n) is 14.6. The number of rotatable bonds is 3. The second-order valence-electron chi connectivity index (χ2n) is 6.26. The Balaban J connectivity index is 1.88. The zero-order chi connectivity index (χ0) is 18.4. The van der Waals surface area contributed by atoms with Crippen LogP contribution in [-0.2, 0) is 7.05 Å². The molecule has 0 saturated heterocycles. The molecule has 26 heavy (non-hydrogen) atoms. The topological polar surface area (TPSA) is 92.5 Å². The normalized spacial score (nSPS) is 11.5. The summed E-state index contributed by atoms with van der Waals surface area (Å²) in [7, 11) is 1.56. The maximum absolute atomic E-state index is 12.7. The lowest BCUT2D eigenvalue weighted by molar-refractivity contribution is 0.554. The van der Waals surface area contributed by atoms with Crippen LogP contribution in [0.15, 0.2) is 52.6 Å². The molecule has 4 rings (SSSR count). The van der Waals surface area contributed by atoms with E-state index in [9.17, 15) is 9.59 Å². The highest BCUT2D eigenvalue weighted by molar-refractivity contribution is 5.76. The fourth-order valence-corrected chi connectivity index (χ4v) is 2.92. The number of aromatic nitrogens is 7. The minimum absolute atomic E-state index is 0.229. The van der Waals surface area contributed by atoms with Gasteiger partial charge in [-0.1, -0.05) is 0 Å². The van der Waals surface area contributed by atoms with Crippen LogP contribution in [0.25, 0.3) is 22.4 Å². The predicted molar refractivity (Wildman–Crippen MR) is 95.9 cm³/mol. The van der Waals surface area contributed by atoms with Crippen molar-refractivity contribution >= 4 is 11.0 Å². The third kappa shape index (κ3) is 2.36. The van der Waals surface area contributed by atoms with Gasteiger partial charge in [-0.3, -0.25) is 4.98 Å². The van der Waals surface area contributed by atoms with Gasteiger partial charge in [0.1, 0.15) is 0 Å². The van der Waals surface area contributed by atoms with Crippen LogP contribution in [0.1, 0.15) is 19.9 Å². The summed E-state index contributed by atoms with van der Waals surface area (Å²) in [5.41, 5.74) is 1.10. The lowest BCUT2D eigenvalue weighted by atomic mass is 10.3. The van der Waals surface area contributed by atoms with Crippen molar-refractivity contribution in [2.24, 2.45) is 7.05 Å². The molecule has 0 aliphatic heterocycles. The molecule has 0 atom stereocenters. The molecule has 0 N–H and O–H groups in total. The first-order valence-electron chi connectivity index (χ1n) is 8.14. The van der Waals surface area contributed by atoms with E-state index in [0.29, 0.717) is 11.3 Å². The lowest BCUT2D eigenvalue weighted by Crippen LogP contribution is -2.30. The van der Waals surface area contributed by atoms with Crippen molar-refractivity contribution in [3.63, 3.8) is 0 Å². The monoisotopic (exact) mass is 351 g/mol. The van der Waals surface area contributed by atoms with Crippen molar-refractivity contribution in [1.29, 1.82) is 0 Å². The molecular formula is C17H17N7O2. The van der Waals surface area contributed by atoms with Crippen LogP contribution in [0, 0.1) is 0 Å². The molecule has 0 bridgehead atoms. The number of hydrogen-bond donors (Lipinski definition) is 0. The molecule has 0 spiro atoms. The average Bonchev–Trinajstić information content (AvgIpc) is 3.14. The Morgan fingerprint density at radius 3 is 2.54 bits per heavy atom. The summed E-state index contributed by atoms with van der Waals surface area (Å²) in [5, 5.41) is 5.17. The number of pyridine rings is 2. The van der Waals surface area contributed by atoms with E-state index in [1.54, 1.807) is 44.0 Å². The molecular weight excluding hydrogens is 334 g/mol.